The van der Waals surface area contributed by atoms with E-state index < -0.39 is 23.9 Å². The number of aryl methyl sites for hydroxylation is 1. The van der Waals surface area contributed by atoms with Crippen molar-refractivity contribution in [1.82, 2.24) is 24.8 Å². The molecule has 0 aromatic carbocycles. The second-order valence-corrected chi connectivity index (χ2v) is 7.97. The number of likely N-dealkylation sites (tertiary alicyclic amines) is 1. The lowest BCUT2D eigenvalue weighted by Gasteiger charge is -2.45. The number of hydrogen-bond donors (Lipinski definition) is 2. The van der Waals surface area contributed by atoms with Crippen LogP contribution in [0.2, 0.25) is 0 Å². The molecule has 12 heteroatoms. The van der Waals surface area contributed by atoms with Gasteiger partial charge in [-0.3, -0.25) is 14.7 Å². The van der Waals surface area contributed by atoms with E-state index in [0.717, 1.165) is 49.7 Å². The van der Waals surface area contributed by atoms with Crippen LogP contribution in [0.5, 0.6) is 0 Å². The Hall–Kier alpha value is -2.99. The smallest absolute Gasteiger partial charge is 0.475 e. The zero-order valence-corrected chi connectivity index (χ0v) is 18.3. The molecule has 33 heavy (non-hydrogen) atoms. The van der Waals surface area contributed by atoms with Gasteiger partial charge in [0.2, 0.25) is 0 Å². The molecule has 0 aliphatic carbocycles. The number of carbonyl (C=O) groups is 2. The number of hydrogen-bond acceptors (Lipinski definition) is 6. The summed E-state index contributed by atoms with van der Waals surface area (Å²) < 4.78 is 40.1. The van der Waals surface area contributed by atoms with Crippen LogP contribution in [0.25, 0.3) is 0 Å². The van der Waals surface area contributed by atoms with Crippen LogP contribution in [0.4, 0.5) is 13.2 Å². The van der Waals surface area contributed by atoms with Crippen molar-refractivity contribution in [2.24, 2.45) is 0 Å². The lowest BCUT2D eigenvalue weighted by Crippen LogP contribution is -2.53. The van der Waals surface area contributed by atoms with E-state index in [0.29, 0.717) is 6.54 Å². The maximum absolute atomic E-state index is 12.2. The van der Waals surface area contributed by atoms with Crippen molar-refractivity contribution < 1.29 is 32.6 Å². The lowest BCUT2D eigenvalue weighted by atomic mass is 9.88. The number of alkyl halides is 3. The van der Waals surface area contributed by atoms with Crippen molar-refractivity contribution in [2.75, 3.05) is 20.1 Å². The molecule has 0 bridgehead atoms. The molecule has 2 N–H and O–H groups in total. The molecule has 0 radical (unpaired) electrons. The van der Waals surface area contributed by atoms with Gasteiger partial charge >= 0.3 is 12.1 Å². The Bertz CT molecular complexity index is 986. The number of carboxylic acid groups (broad SMARTS) is 1. The highest BCUT2D eigenvalue weighted by Crippen LogP contribution is 2.40. The predicted octanol–water partition coefficient (Wildman–Crippen LogP) is 1.86. The first-order chi connectivity index (χ1) is 15.5. The molecule has 2 aliphatic heterocycles. The van der Waals surface area contributed by atoms with Crippen LogP contribution >= 0.6 is 0 Å². The Kier molecular flexibility index (Phi) is 7.38. The van der Waals surface area contributed by atoms with Gasteiger partial charge in [-0.2, -0.15) is 13.2 Å². The average Bonchev–Trinajstić information content (AvgIpc) is 3.24. The summed E-state index contributed by atoms with van der Waals surface area (Å²) in [7, 11) is 1.65. The topological polar surface area (TPSA) is 110 Å². The maximum Gasteiger partial charge on any atom is 0.490 e. The fraction of sp³-hybridized carbons (Fsp3) is 0.524. The van der Waals surface area contributed by atoms with Gasteiger partial charge in [0.1, 0.15) is 11.4 Å². The van der Waals surface area contributed by atoms with Crippen LogP contribution in [0.1, 0.15) is 30.1 Å². The zero-order chi connectivity index (χ0) is 24.2. The molecule has 1 saturated heterocycles. The summed E-state index contributed by atoms with van der Waals surface area (Å²) in [6, 6.07) is 6.14. The van der Waals surface area contributed by atoms with Crippen molar-refractivity contribution in [2.45, 2.75) is 50.7 Å². The number of imidazole rings is 1. The van der Waals surface area contributed by atoms with Crippen LogP contribution in [-0.2, 0) is 33.0 Å². The number of pyridine rings is 1. The molecule has 1 fully saturated rings. The van der Waals surface area contributed by atoms with E-state index in [1.807, 2.05) is 19.2 Å². The molecule has 4 heterocycles. The number of piperidine rings is 1. The van der Waals surface area contributed by atoms with E-state index in [2.05, 4.69) is 36.9 Å². The minimum absolute atomic E-state index is 0.0740. The Morgan fingerprint density at radius 2 is 1.97 bits per heavy atom. The van der Waals surface area contributed by atoms with Gasteiger partial charge in [-0.15, -0.1) is 0 Å². The summed E-state index contributed by atoms with van der Waals surface area (Å²) in [6.45, 7) is 5.16. The minimum Gasteiger partial charge on any atom is -0.475 e. The van der Waals surface area contributed by atoms with Crippen LogP contribution in [-0.4, -0.2) is 68.8 Å². The van der Waals surface area contributed by atoms with Gasteiger partial charge in [-0.25, -0.2) is 9.78 Å². The van der Waals surface area contributed by atoms with Gasteiger partial charge in [0, 0.05) is 44.8 Å². The number of carboxylic acids is 1. The standard InChI is InChI=1S/C19H25N5O2.C2HF3O2/c1-14-4-3-5-15(22-14)12-23-9-6-19(7-10-23)18-21-8-11-24(18)13-16(26-19)17(25)20-2;3-2(4,5)1(6)7/h3-5,8,11,16H,6-7,9-10,12-13H2,1-2H3,(H,20,25);(H,6,7). The van der Waals surface area contributed by atoms with Gasteiger partial charge in [0.15, 0.2) is 6.10 Å². The number of nitrogens with zero attached hydrogens (tertiary/aromatic N) is 4. The van der Waals surface area contributed by atoms with Gasteiger partial charge in [-0.05, 0) is 31.9 Å². The van der Waals surface area contributed by atoms with E-state index in [1.165, 1.54) is 0 Å². The number of likely N-dealkylation sites (N-methyl/N-ethyl adjacent to an activating group) is 1. The molecule has 0 saturated carbocycles. The molecule has 2 aromatic heterocycles. The van der Waals surface area contributed by atoms with Crippen LogP contribution in [0.15, 0.2) is 30.6 Å². The summed E-state index contributed by atoms with van der Waals surface area (Å²) in [6.07, 6.45) is -0.160. The Balaban J connectivity index is 0.000000383. The number of carbonyl (C=O) groups excluding carboxylic acids is 1. The Morgan fingerprint density at radius 1 is 1.30 bits per heavy atom. The van der Waals surface area contributed by atoms with Crippen LogP contribution in [0, 0.1) is 6.92 Å². The summed E-state index contributed by atoms with van der Waals surface area (Å²) in [5.74, 6) is -1.88. The molecular weight excluding hydrogens is 443 g/mol. The zero-order valence-electron chi connectivity index (χ0n) is 18.3. The molecule has 1 spiro atoms. The first kappa shape index (κ1) is 24.6. The molecule has 9 nitrogen and oxygen atoms in total. The molecule has 1 unspecified atom stereocenters. The quantitative estimate of drug-likeness (QED) is 0.706. The SMILES string of the molecule is CNC(=O)C1Cn2ccnc2C2(CCN(Cc3cccc(C)n3)CC2)O1.O=C(O)C(F)(F)F. The normalized spacial score (nSPS) is 19.8. The van der Waals surface area contributed by atoms with Crippen molar-refractivity contribution in [3.05, 3.63) is 47.8 Å². The number of amides is 1. The van der Waals surface area contributed by atoms with Crippen molar-refractivity contribution >= 4 is 11.9 Å². The molecule has 1 atom stereocenters. The highest BCUT2D eigenvalue weighted by molar-refractivity contribution is 5.80. The van der Waals surface area contributed by atoms with Crippen molar-refractivity contribution in [1.29, 1.82) is 0 Å². The number of ether oxygens (including phenoxy) is 1. The number of aliphatic carboxylic acids is 1. The van der Waals surface area contributed by atoms with Crippen LogP contribution in [0.3, 0.4) is 0 Å². The summed E-state index contributed by atoms with van der Waals surface area (Å²) in [5, 5.41) is 9.84. The third-order valence-electron chi connectivity index (χ3n) is 5.63. The Morgan fingerprint density at radius 3 is 2.55 bits per heavy atom. The predicted molar refractivity (Wildman–Crippen MR) is 110 cm³/mol. The second-order valence-electron chi connectivity index (χ2n) is 7.97. The monoisotopic (exact) mass is 469 g/mol. The van der Waals surface area contributed by atoms with Crippen LogP contribution < -0.4 is 5.32 Å². The van der Waals surface area contributed by atoms with E-state index in [9.17, 15) is 18.0 Å². The molecule has 2 aromatic rings. The molecule has 2 aliphatic rings. The number of aromatic nitrogens is 3. The first-order valence-electron chi connectivity index (χ1n) is 10.4. The molecule has 1 amide bonds. The van der Waals surface area contributed by atoms with E-state index in [-0.39, 0.29) is 5.91 Å². The Labute approximate surface area is 188 Å². The van der Waals surface area contributed by atoms with Gasteiger partial charge < -0.3 is 19.7 Å². The van der Waals surface area contributed by atoms with E-state index in [4.69, 9.17) is 14.6 Å². The van der Waals surface area contributed by atoms with Crippen molar-refractivity contribution in [3.63, 3.8) is 0 Å². The fourth-order valence-corrected chi connectivity index (χ4v) is 4.02. The lowest BCUT2D eigenvalue weighted by molar-refractivity contribution is -0.192. The maximum atomic E-state index is 12.2. The van der Waals surface area contributed by atoms with E-state index in [1.54, 1.807) is 13.2 Å². The summed E-state index contributed by atoms with van der Waals surface area (Å²) in [5.41, 5.74) is 1.66. The highest BCUT2D eigenvalue weighted by Gasteiger charge is 2.47. The molecule has 4 rings (SSSR count). The highest BCUT2D eigenvalue weighted by atomic mass is 19.4. The first-order valence-corrected chi connectivity index (χ1v) is 10.4. The van der Waals surface area contributed by atoms with E-state index >= 15 is 0 Å². The van der Waals surface area contributed by atoms with Gasteiger partial charge in [-0.1, -0.05) is 6.07 Å². The third kappa shape index (κ3) is 5.88. The average molecular weight is 469 g/mol. The summed E-state index contributed by atoms with van der Waals surface area (Å²) >= 11 is 0. The molecule has 180 valence electrons. The largest absolute Gasteiger partial charge is 0.490 e. The van der Waals surface area contributed by atoms with Gasteiger partial charge in [0.05, 0.1) is 12.2 Å². The number of halogens is 3. The fourth-order valence-electron chi connectivity index (χ4n) is 4.02. The second kappa shape index (κ2) is 9.87. The minimum atomic E-state index is -5.08. The van der Waals surface area contributed by atoms with Crippen molar-refractivity contribution in [3.8, 4) is 0 Å². The summed E-state index contributed by atoms with van der Waals surface area (Å²) in [4.78, 5) is 32.6. The third-order valence-corrected chi connectivity index (χ3v) is 5.63. The number of rotatable bonds is 3. The molecular formula is C21H26F3N5O4. The number of fused-ring (bicyclic) bond motifs is 2. The number of nitrogens with one attached hydrogen (secondary N) is 1. The van der Waals surface area contributed by atoms with Gasteiger partial charge in [0.25, 0.3) is 5.91 Å².